The van der Waals surface area contributed by atoms with Gasteiger partial charge in [-0.05, 0) is 18.6 Å². The fourth-order valence-electron chi connectivity index (χ4n) is 2.35. The molecule has 4 heteroatoms. The van der Waals surface area contributed by atoms with E-state index in [0.717, 1.165) is 11.1 Å². The number of pyridine rings is 1. The Labute approximate surface area is 123 Å². The van der Waals surface area contributed by atoms with E-state index in [9.17, 15) is 4.79 Å². The Morgan fingerprint density at radius 3 is 2.48 bits per heavy atom. The van der Waals surface area contributed by atoms with Crippen LogP contribution in [-0.4, -0.2) is 14.3 Å². The van der Waals surface area contributed by atoms with Crippen molar-refractivity contribution < 1.29 is 0 Å². The lowest BCUT2D eigenvalue weighted by Gasteiger charge is -2.12. The van der Waals surface area contributed by atoms with Crippen molar-refractivity contribution in [2.24, 2.45) is 7.05 Å². The third-order valence-corrected chi connectivity index (χ3v) is 3.70. The summed E-state index contributed by atoms with van der Waals surface area (Å²) in [6.07, 6.45) is 5.67. The monoisotopic (exact) mass is 279 g/mol. The van der Waals surface area contributed by atoms with Crippen molar-refractivity contribution >= 4 is 0 Å². The number of nitrogens with zero attached hydrogens (tertiary/aromatic N) is 3. The zero-order chi connectivity index (χ0) is 14.8. The normalized spacial score (nSPS) is 12.3. The van der Waals surface area contributed by atoms with Gasteiger partial charge in [-0.15, -0.1) is 0 Å². The average Bonchev–Trinajstić information content (AvgIpc) is 3.00. The Morgan fingerprint density at radius 1 is 1.00 bits per heavy atom. The molecule has 0 bridgehead atoms. The van der Waals surface area contributed by atoms with Gasteiger partial charge in [0.15, 0.2) is 0 Å². The second-order valence-corrected chi connectivity index (χ2v) is 5.16. The molecule has 0 amide bonds. The van der Waals surface area contributed by atoms with E-state index >= 15 is 0 Å². The minimum absolute atomic E-state index is 0.0104. The van der Waals surface area contributed by atoms with E-state index < -0.39 is 0 Å². The Bertz CT molecular complexity index is 802. The molecule has 0 radical (unpaired) electrons. The van der Waals surface area contributed by atoms with Gasteiger partial charge in [0.05, 0.1) is 12.2 Å². The molecule has 0 aliphatic carbocycles. The maximum absolute atomic E-state index is 11.4. The molecule has 0 N–H and O–H groups in total. The fourth-order valence-corrected chi connectivity index (χ4v) is 2.35. The standard InChI is InChI=1S/C17H17N3O/c1-13(14-6-4-3-5-7-14)20-12-16(10-18-20)15-8-9-17(21)19(2)11-15/h3-13H,1-2H3/t13-/m0/s1. The lowest BCUT2D eigenvalue weighted by molar-refractivity contribution is 0.565. The zero-order valence-corrected chi connectivity index (χ0v) is 12.1. The van der Waals surface area contributed by atoms with Gasteiger partial charge >= 0.3 is 0 Å². The van der Waals surface area contributed by atoms with Crippen molar-refractivity contribution in [2.45, 2.75) is 13.0 Å². The molecule has 4 nitrogen and oxygen atoms in total. The van der Waals surface area contributed by atoms with Gasteiger partial charge in [0.1, 0.15) is 0 Å². The summed E-state index contributed by atoms with van der Waals surface area (Å²) in [6, 6.07) is 13.8. The summed E-state index contributed by atoms with van der Waals surface area (Å²) in [4.78, 5) is 11.4. The van der Waals surface area contributed by atoms with Gasteiger partial charge in [-0.3, -0.25) is 9.48 Å². The maximum Gasteiger partial charge on any atom is 0.250 e. The van der Waals surface area contributed by atoms with Crippen LogP contribution in [0.3, 0.4) is 0 Å². The molecular weight excluding hydrogens is 262 g/mol. The van der Waals surface area contributed by atoms with Crippen LogP contribution in [0.4, 0.5) is 0 Å². The largest absolute Gasteiger partial charge is 0.318 e. The first-order valence-electron chi connectivity index (χ1n) is 6.91. The summed E-state index contributed by atoms with van der Waals surface area (Å²) in [5.41, 5.74) is 3.20. The molecule has 0 aliphatic heterocycles. The molecule has 0 fully saturated rings. The van der Waals surface area contributed by atoms with Crippen LogP contribution < -0.4 is 5.56 Å². The first kappa shape index (κ1) is 13.4. The van der Waals surface area contributed by atoms with Gasteiger partial charge in [-0.1, -0.05) is 30.3 Å². The highest BCUT2D eigenvalue weighted by Crippen LogP contribution is 2.21. The van der Waals surface area contributed by atoms with Crippen LogP contribution in [0.25, 0.3) is 11.1 Å². The molecule has 2 heterocycles. The summed E-state index contributed by atoms with van der Waals surface area (Å²) in [5.74, 6) is 0. The smallest absolute Gasteiger partial charge is 0.250 e. The van der Waals surface area contributed by atoms with Crippen LogP contribution in [0.5, 0.6) is 0 Å². The van der Waals surface area contributed by atoms with Crippen molar-refractivity contribution in [1.82, 2.24) is 14.3 Å². The quantitative estimate of drug-likeness (QED) is 0.739. The van der Waals surface area contributed by atoms with Gasteiger partial charge in [-0.2, -0.15) is 5.10 Å². The highest BCUT2D eigenvalue weighted by atomic mass is 16.1. The van der Waals surface area contributed by atoms with Crippen LogP contribution >= 0.6 is 0 Å². The predicted octanol–water partition coefficient (Wildman–Crippen LogP) is 2.86. The average molecular weight is 279 g/mol. The molecule has 1 aromatic carbocycles. The summed E-state index contributed by atoms with van der Waals surface area (Å²) in [6.45, 7) is 2.12. The third kappa shape index (κ3) is 2.65. The molecule has 2 aromatic heterocycles. The van der Waals surface area contributed by atoms with E-state index in [1.807, 2.05) is 47.5 Å². The summed E-state index contributed by atoms with van der Waals surface area (Å²) in [7, 11) is 1.75. The van der Waals surface area contributed by atoms with Crippen molar-refractivity contribution in [2.75, 3.05) is 0 Å². The van der Waals surface area contributed by atoms with Crippen LogP contribution in [0.1, 0.15) is 18.5 Å². The van der Waals surface area contributed by atoms with Crippen molar-refractivity contribution in [3.63, 3.8) is 0 Å². The van der Waals surface area contributed by atoms with Crippen LogP contribution in [-0.2, 0) is 7.05 Å². The van der Waals surface area contributed by atoms with E-state index in [-0.39, 0.29) is 11.6 Å². The molecule has 21 heavy (non-hydrogen) atoms. The van der Waals surface area contributed by atoms with E-state index in [0.29, 0.717) is 0 Å². The number of aryl methyl sites for hydroxylation is 1. The minimum Gasteiger partial charge on any atom is -0.318 e. The van der Waals surface area contributed by atoms with Gasteiger partial charge in [0, 0.05) is 36.6 Å². The molecule has 0 unspecified atom stereocenters. The topological polar surface area (TPSA) is 39.8 Å². The molecule has 3 aromatic rings. The first-order valence-corrected chi connectivity index (χ1v) is 6.91. The Kier molecular flexibility index (Phi) is 3.44. The van der Waals surface area contributed by atoms with E-state index in [2.05, 4.69) is 24.2 Å². The van der Waals surface area contributed by atoms with Crippen molar-refractivity contribution in [1.29, 1.82) is 0 Å². The number of hydrogen-bond donors (Lipinski definition) is 0. The highest BCUT2D eigenvalue weighted by molar-refractivity contribution is 5.60. The van der Waals surface area contributed by atoms with Crippen molar-refractivity contribution in [3.8, 4) is 11.1 Å². The molecule has 0 saturated heterocycles. The SMILES string of the molecule is C[C@@H](c1ccccc1)n1cc(-c2ccc(=O)n(C)c2)cn1. The number of hydrogen-bond acceptors (Lipinski definition) is 2. The number of aromatic nitrogens is 3. The molecule has 0 spiro atoms. The molecule has 106 valence electrons. The first-order chi connectivity index (χ1) is 10.1. The zero-order valence-electron chi connectivity index (χ0n) is 12.1. The molecule has 0 aliphatic rings. The molecular formula is C17H17N3O. The van der Waals surface area contributed by atoms with Crippen LogP contribution in [0, 0.1) is 0 Å². The Morgan fingerprint density at radius 2 is 1.76 bits per heavy atom. The predicted molar refractivity (Wildman–Crippen MR) is 83.2 cm³/mol. The third-order valence-electron chi connectivity index (χ3n) is 3.70. The van der Waals surface area contributed by atoms with Crippen LogP contribution in [0.15, 0.2) is 65.8 Å². The second kappa shape index (κ2) is 5.40. The van der Waals surface area contributed by atoms with E-state index in [1.165, 1.54) is 5.56 Å². The van der Waals surface area contributed by atoms with Crippen molar-refractivity contribution in [3.05, 3.63) is 77.0 Å². The second-order valence-electron chi connectivity index (χ2n) is 5.16. The van der Waals surface area contributed by atoms with Gasteiger partial charge in [0.2, 0.25) is 5.56 Å². The lowest BCUT2D eigenvalue weighted by atomic mass is 10.1. The highest BCUT2D eigenvalue weighted by Gasteiger charge is 2.10. The Hall–Kier alpha value is -2.62. The molecule has 0 saturated carbocycles. The van der Waals surface area contributed by atoms with Gasteiger partial charge in [0.25, 0.3) is 0 Å². The van der Waals surface area contributed by atoms with Gasteiger partial charge in [-0.25, -0.2) is 0 Å². The van der Waals surface area contributed by atoms with E-state index in [1.54, 1.807) is 17.7 Å². The number of rotatable bonds is 3. The summed E-state index contributed by atoms with van der Waals surface area (Å²) >= 11 is 0. The molecule has 1 atom stereocenters. The van der Waals surface area contributed by atoms with Gasteiger partial charge < -0.3 is 4.57 Å². The fraction of sp³-hybridized carbons (Fsp3) is 0.176. The molecule has 3 rings (SSSR count). The minimum atomic E-state index is -0.0104. The van der Waals surface area contributed by atoms with Crippen LogP contribution in [0.2, 0.25) is 0 Å². The lowest BCUT2D eigenvalue weighted by Crippen LogP contribution is -2.13. The van der Waals surface area contributed by atoms with E-state index in [4.69, 9.17) is 0 Å². The summed E-state index contributed by atoms with van der Waals surface area (Å²) in [5, 5.41) is 4.45. The Balaban J connectivity index is 1.93. The summed E-state index contributed by atoms with van der Waals surface area (Å²) < 4.78 is 3.52. The maximum atomic E-state index is 11.4. The number of benzene rings is 1.